The van der Waals surface area contributed by atoms with E-state index in [1.165, 1.54) is 12.1 Å². The molecule has 4 nitrogen and oxygen atoms in total. The van der Waals surface area contributed by atoms with Gasteiger partial charge >= 0.3 is 0 Å². The molecule has 0 aromatic heterocycles. The molecular weight excluding hydrogens is 220 g/mol. The summed E-state index contributed by atoms with van der Waals surface area (Å²) in [5.74, 6) is 2.67. The molecule has 1 aromatic rings. The molecular formula is C10H11F2NO3. The van der Waals surface area contributed by atoms with Crippen molar-refractivity contribution in [3.63, 3.8) is 0 Å². The first kappa shape index (κ1) is 11.1. The summed E-state index contributed by atoms with van der Waals surface area (Å²) in [4.78, 5) is 4.39. The minimum Gasteiger partial charge on any atom is -0.454 e. The number of nitrogens with two attached hydrogens (primary N) is 1. The standard InChI is InChI=1S/C10H11F2NO3/c1-10(11,12)7-3-9-8(14-5-15-9)2-6(7)4-16-13/h2-3H,4-5,13H2,1H3. The maximum atomic E-state index is 13.3. The van der Waals surface area contributed by atoms with E-state index in [1.54, 1.807) is 0 Å². The lowest BCUT2D eigenvalue weighted by atomic mass is 10.0. The van der Waals surface area contributed by atoms with Crippen molar-refractivity contribution in [2.45, 2.75) is 19.5 Å². The van der Waals surface area contributed by atoms with E-state index in [-0.39, 0.29) is 19.0 Å². The van der Waals surface area contributed by atoms with Crippen LogP contribution in [0, 0.1) is 0 Å². The van der Waals surface area contributed by atoms with Gasteiger partial charge in [0, 0.05) is 12.5 Å². The monoisotopic (exact) mass is 231 g/mol. The van der Waals surface area contributed by atoms with Crippen LogP contribution in [-0.2, 0) is 17.4 Å². The van der Waals surface area contributed by atoms with E-state index in [0.29, 0.717) is 17.1 Å². The number of benzene rings is 1. The van der Waals surface area contributed by atoms with Gasteiger partial charge in [0.1, 0.15) is 0 Å². The van der Waals surface area contributed by atoms with E-state index in [4.69, 9.17) is 15.4 Å². The Labute approximate surface area is 90.9 Å². The van der Waals surface area contributed by atoms with E-state index >= 15 is 0 Å². The van der Waals surface area contributed by atoms with Crippen LogP contribution in [0.4, 0.5) is 8.78 Å². The fraction of sp³-hybridized carbons (Fsp3) is 0.400. The Balaban J connectivity index is 2.49. The zero-order chi connectivity index (χ0) is 11.8. The molecule has 2 rings (SSSR count). The second kappa shape index (κ2) is 3.88. The van der Waals surface area contributed by atoms with Crippen molar-refractivity contribution in [1.82, 2.24) is 0 Å². The summed E-state index contributed by atoms with van der Waals surface area (Å²) in [7, 11) is 0. The predicted octanol–water partition coefficient (Wildman–Crippen LogP) is 1.92. The third-order valence-corrected chi connectivity index (χ3v) is 2.31. The van der Waals surface area contributed by atoms with Crippen molar-refractivity contribution >= 4 is 0 Å². The summed E-state index contributed by atoms with van der Waals surface area (Å²) in [6.45, 7) is 0.747. The van der Waals surface area contributed by atoms with Crippen LogP contribution < -0.4 is 15.4 Å². The molecule has 0 unspecified atom stereocenters. The van der Waals surface area contributed by atoms with E-state index in [2.05, 4.69) is 4.84 Å². The van der Waals surface area contributed by atoms with E-state index in [1.807, 2.05) is 0 Å². The van der Waals surface area contributed by atoms with Crippen LogP contribution in [0.1, 0.15) is 18.1 Å². The van der Waals surface area contributed by atoms with Crippen molar-refractivity contribution in [3.8, 4) is 11.5 Å². The maximum Gasteiger partial charge on any atom is 0.271 e. The molecule has 6 heteroatoms. The van der Waals surface area contributed by atoms with Crippen LogP contribution in [0.3, 0.4) is 0 Å². The summed E-state index contributed by atoms with van der Waals surface area (Å²) in [5, 5.41) is 0. The number of alkyl halides is 2. The number of hydrogen-bond acceptors (Lipinski definition) is 4. The minimum atomic E-state index is -2.98. The highest BCUT2D eigenvalue weighted by Crippen LogP contribution is 2.40. The van der Waals surface area contributed by atoms with Gasteiger partial charge in [0.05, 0.1) is 6.61 Å². The van der Waals surface area contributed by atoms with Gasteiger partial charge in [-0.1, -0.05) is 0 Å². The van der Waals surface area contributed by atoms with Gasteiger partial charge in [0.25, 0.3) is 5.92 Å². The molecule has 0 bridgehead atoms. The quantitative estimate of drug-likeness (QED) is 0.807. The molecule has 1 aliphatic heterocycles. The largest absolute Gasteiger partial charge is 0.454 e. The Morgan fingerprint density at radius 2 is 2.00 bits per heavy atom. The number of fused-ring (bicyclic) bond motifs is 1. The second-order valence-corrected chi connectivity index (χ2v) is 3.56. The van der Waals surface area contributed by atoms with Crippen LogP contribution in [0.15, 0.2) is 12.1 Å². The molecule has 0 radical (unpaired) electrons. The van der Waals surface area contributed by atoms with Gasteiger partial charge in [0.2, 0.25) is 6.79 Å². The highest BCUT2D eigenvalue weighted by molar-refractivity contribution is 5.49. The molecule has 2 N–H and O–H groups in total. The first-order chi connectivity index (χ1) is 7.52. The maximum absolute atomic E-state index is 13.3. The van der Waals surface area contributed by atoms with Crippen molar-refractivity contribution < 1.29 is 23.1 Å². The first-order valence-electron chi connectivity index (χ1n) is 4.65. The summed E-state index contributed by atoms with van der Waals surface area (Å²) in [6, 6.07) is 2.72. The lowest BCUT2D eigenvalue weighted by Crippen LogP contribution is -2.12. The highest BCUT2D eigenvalue weighted by Gasteiger charge is 2.30. The van der Waals surface area contributed by atoms with Crippen LogP contribution in [-0.4, -0.2) is 6.79 Å². The van der Waals surface area contributed by atoms with Gasteiger partial charge in [-0.2, -0.15) is 0 Å². The van der Waals surface area contributed by atoms with Gasteiger partial charge in [0.15, 0.2) is 11.5 Å². The molecule has 1 aromatic carbocycles. The summed E-state index contributed by atoms with van der Waals surface area (Å²) >= 11 is 0. The zero-order valence-electron chi connectivity index (χ0n) is 8.63. The molecule has 0 amide bonds. The molecule has 0 atom stereocenters. The molecule has 0 spiro atoms. The van der Waals surface area contributed by atoms with Crippen LogP contribution in [0.5, 0.6) is 11.5 Å². The SMILES string of the molecule is CC(F)(F)c1cc2c(cc1CON)OCO2. The Kier molecular flexibility index (Phi) is 2.69. The molecule has 16 heavy (non-hydrogen) atoms. The van der Waals surface area contributed by atoms with Gasteiger partial charge in [-0.15, -0.1) is 0 Å². The molecule has 0 aliphatic carbocycles. The molecule has 0 saturated carbocycles. The van der Waals surface area contributed by atoms with E-state index < -0.39 is 5.92 Å². The number of halogens is 2. The van der Waals surface area contributed by atoms with E-state index in [0.717, 1.165) is 6.92 Å². The molecule has 0 saturated heterocycles. The third-order valence-electron chi connectivity index (χ3n) is 2.31. The number of hydrogen-bond donors (Lipinski definition) is 1. The van der Waals surface area contributed by atoms with Crippen molar-refractivity contribution in [2.24, 2.45) is 5.90 Å². The zero-order valence-corrected chi connectivity index (χ0v) is 8.63. The fourth-order valence-electron chi connectivity index (χ4n) is 1.60. The summed E-state index contributed by atoms with van der Waals surface area (Å²) < 4.78 is 36.8. The van der Waals surface area contributed by atoms with Gasteiger partial charge in [-0.25, -0.2) is 14.7 Å². The van der Waals surface area contributed by atoms with Crippen molar-refractivity contribution in [1.29, 1.82) is 0 Å². The van der Waals surface area contributed by atoms with Gasteiger partial charge in [-0.3, -0.25) is 4.84 Å². The summed E-state index contributed by atoms with van der Waals surface area (Å²) in [5.41, 5.74) is 0.126. The third kappa shape index (κ3) is 1.94. The average molecular weight is 231 g/mol. The molecule has 1 heterocycles. The Morgan fingerprint density at radius 1 is 1.38 bits per heavy atom. The Bertz CT molecular complexity index is 404. The van der Waals surface area contributed by atoms with Crippen molar-refractivity contribution in [2.75, 3.05) is 6.79 Å². The molecule has 0 fully saturated rings. The van der Waals surface area contributed by atoms with Crippen molar-refractivity contribution in [3.05, 3.63) is 23.3 Å². The normalized spacial score (nSPS) is 14.2. The Hall–Kier alpha value is -1.40. The number of rotatable bonds is 3. The highest BCUT2D eigenvalue weighted by atomic mass is 19.3. The van der Waals surface area contributed by atoms with Gasteiger partial charge in [-0.05, 0) is 17.7 Å². The van der Waals surface area contributed by atoms with Crippen LogP contribution in [0.2, 0.25) is 0 Å². The lowest BCUT2D eigenvalue weighted by molar-refractivity contribution is 0.0136. The summed E-state index contributed by atoms with van der Waals surface area (Å²) in [6.07, 6.45) is 0. The minimum absolute atomic E-state index is 0.0387. The van der Waals surface area contributed by atoms with E-state index in [9.17, 15) is 8.78 Å². The first-order valence-corrected chi connectivity index (χ1v) is 4.65. The van der Waals surface area contributed by atoms with Crippen LogP contribution >= 0.6 is 0 Å². The second-order valence-electron chi connectivity index (χ2n) is 3.56. The molecule has 88 valence electrons. The predicted molar refractivity (Wildman–Crippen MR) is 51.1 cm³/mol. The molecule has 1 aliphatic rings. The van der Waals surface area contributed by atoms with Crippen LogP contribution in [0.25, 0.3) is 0 Å². The number of ether oxygens (including phenoxy) is 2. The topological polar surface area (TPSA) is 53.7 Å². The smallest absolute Gasteiger partial charge is 0.271 e. The Morgan fingerprint density at radius 3 is 2.56 bits per heavy atom. The van der Waals surface area contributed by atoms with Gasteiger partial charge < -0.3 is 9.47 Å². The fourth-order valence-corrected chi connectivity index (χ4v) is 1.60. The average Bonchev–Trinajstić information content (AvgIpc) is 2.62. The lowest BCUT2D eigenvalue weighted by Gasteiger charge is -2.15.